The summed E-state index contributed by atoms with van der Waals surface area (Å²) in [7, 11) is 0. The normalized spacial score (nSPS) is 11.7. The van der Waals surface area contributed by atoms with Crippen LogP contribution >= 0.6 is 0 Å². The highest BCUT2D eigenvalue weighted by Crippen LogP contribution is 2.23. The second kappa shape index (κ2) is 5.46. The SMILES string of the molecule is C[C@H](N)c1ccc(Oc2ccc(C#N)c(F)c2)cn1. The van der Waals surface area contributed by atoms with Crippen LogP contribution in [0, 0.1) is 17.1 Å². The first kappa shape index (κ1) is 13.0. The molecule has 0 aliphatic carbocycles. The molecule has 19 heavy (non-hydrogen) atoms. The van der Waals surface area contributed by atoms with Gasteiger partial charge in [0.15, 0.2) is 0 Å². The van der Waals surface area contributed by atoms with Crippen molar-refractivity contribution in [3.8, 4) is 17.6 Å². The van der Waals surface area contributed by atoms with Gasteiger partial charge in [0.2, 0.25) is 0 Å². The molecule has 1 atom stereocenters. The van der Waals surface area contributed by atoms with Gasteiger partial charge in [-0.25, -0.2) is 4.39 Å². The molecular formula is C14H12FN3O. The summed E-state index contributed by atoms with van der Waals surface area (Å²) in [5, 5.41) is 8.63. The fourth-order valence-electron chi connectivity index (χ4n) is 1.51. The number of nitrogens with zero attached hydrogens (tertiary/aromatic N) is 2. The van der Waals surface area contributed by atoms with Crippen molar-refractivity contribution in [1.29, 1.82) is 5.26 Å². The van der Waals surface area contributed by atoms with Gasteiger partial charge >= 0.3 is 0 Å². The molecule has 0 unspecified atom stereocenters. The molecular weight excluding hydrogens is 245 g/mol. The molecule has 5 heteroatoms. The number of benzene rings is 1. The highest BCUT2D eigenvalue weighted by atomic mass is 19.1. The first-order valence-corrected chi connectivity index (χ1v) is 5.69. The van der Waals surface area contributed by atoms with Gasteiger partial charge in [-0.3, -0.25) is 4.98 Å². The minimum Gasteiger partial charge on any atom is -0.456 e. The van der Waals surface area contributed by atoms with Crippen LogP contribution in [-0.4, -0.2) is 4.98 Å². The summed E-state index contributed by atoms with van der Waals surface area (Å²) in [6.45, 7) is 1.83. The largest absolute Gasteiger partial charge is 0.456 e. The number of hydrogen-bond donors (Lipinski definition) is 1. The summed E-state index contributed by atoms with van der Waals surface area (Å²) in [5.74, 6) is 0.181. The Balaban J connectivity index is 2.17. The summed E-state index contributed by atoms with van der Waals surface area (Å²) >= 11 is 0. The minimum absolute atomic E-state index is 0.0159. The van der Waals surface area contributed by atoms with Crippen LogP contribution < -0.4 is 10.5 Å². The molecule has 0 radical (unpaired) electrons. The van der Waals surface area contributed by atoms with Gasteiger partial charge in [0.05, 0.1) is 17.5 Å². The van der Waals surface area contributed by atoms with E-state index in [0.717, 1.165) is 11.8 Å². The molecule has 0 aliphatic heterocycles. The van der Waals surface area contributed by atoms with E-state index < -0.39 is 5.82 Å². The third-order valence-electron chi connectivity index (χ3n) is 2.52. The zero-order valence-electron chi connectivity index (χ0n) is 10.3. The maximum absolute atomic E-state index is 13.4. The third kappa shape index (κ3) is 3.06. The van der Waals surface area contributed by atoms with Crippen LogP contribution in [0.25, 0.3) is 0 Å². The molecule has 0 fully saturated rings. The van der Waals surface area contributed by atoms with Gasteiger partial charge in [0.1, 0.15) is 23.4 Å². The van der Waals surface area contributed by atoms with Gasteiger partial charge in [-0.15, -0.1) is 0 Å². The lowest BCUT2D eigenvalue weighted by atomic mass is 10.2. The number of aromatic nitrogens is 1. The molecule has 4 nitrogen and oxygen atoms in total. The molecule has 96 valence electrons. The summed E-state index contributed by atoms with van der Waals surface area (Å²) in [6.07, 6.45) is 1.52. The standard InChI is InChI=1S/C14H12FN3O/c1-9(17)14-5-4-12(8-18-14)19-11-3-2-10(7-16)13(15)6-11/h2-6,8-9H,17H2,1H3/t9-/m0/s1. The molecule has 2 N–H and O–H groups in total. The Bertz CT molecular complexity index is 618. The van der Waals surface area contributed by atoms with E-state index in [-0.39, 0.29) is 11.6 Å². The second-order valence-corrected chi connectivity index (χ2v) is 4.06. The number of pyridine rings is 1. The lowest BCUT2D eigenvalue weighted by Gasteiger charge is -2.08. The zero-order chi connectivity index (χ0) is 13.8. The highest BCUT2D eigenvalue weighted by Gasteiger charge is 2.05. The van der Waals surface area contributed by atoms with Crippen molar-refractivity contribution in [2.75, 3.05) is 0 Å². The molecule has 1 aromatic carbocycles. The molecule has 1 aromatic heterocycles. The highest BCUT2D eigenvalue weighted by molar-refractivity contribution is 5.38. The number of nitriles is 1. The number of rotatable bonds is 3. The average Bonchev–Trinajstić information content (AvgIpc) is 2.39. The Morgan fingerprint density at radius 2 is 2.05 bits per heavy atom. The maximum atomic E-state index is 13.4. The summed E-state index contributed by atoms with van der Waals surface area (Å²) in [6, 6.07) is 9.12. The molecule has 0 saturated heterocycles. The fourth-order valence-corrected chi connectivity index (χ4v) is 1.51. The van der Waals surface area contributed by atoms with E-state index in [1.165, 1.54) is 18.3 Å². The van der Waals surface area contributed by atoms with E-state index in [4.69, 9.17) is 15.7 Å². The fraction of sp³-hybridized carbons (Fsp3) is 0.143. The van der Waals surface area contributed by atoms with E-state index >= 15 is 0 Å². The molecule has 0 amide bonds. The monoisotopic (exact) mass is 257 g/mol. The van der Waals surface area contributed by atoms with Gasteiger partial charge in [-0.05, 0) is 31.2 Å². The minimum atomic E-state index is -0.611. The van der Waals surface area contributed by atoms with Gasteiger partial charge in [0, 0.05) is 12.1 Å². The Kier molecular flexibility index (Phi) is 3.74. The van der Waals surface area contributed by atoms with Crippen LogP contribution in [0.2, 0.25) is 0 Å². The van der Waals surface area contributed by atoms with E-state index in [0.29, 0.717) is 11.5 Å². The van der Waals surface area contributed by atoms with Crippen molar-refractivity contribution in [2.24, 2.45) is 5.73 Å². The van der Waals surface area contributed by atoms with Crippen molar-refractivity contribution in [3.63, 3.8) is 0 Å². The van der Waals surface area contributed by atoms with Gasteiger partial charge in [0.25, 0.3) is 0 Å². The molecule has 0 spiro atoms. The van der Waals surface area contributed by atoms with Crippen molar-refractivity contribution in [1.82, 2.24) is 4.98 Å². The van der Waals surface area contributed by atoms with Gasteiger partial charge < -0.3 is 10.5 Å². The van der Waals surface area contributed by atoms with Crippen LogP contribution in [-0.2, 0) is 0 Å². The lowest BCUT2D eigenvalue weighted by Crippen LogP contribution is -2.06. The number of hydrogen-bond acceptors (Lipinski definition) is 4. The molecule has 2 rings (SSSR count). The zero-order valence-corrected chi connectivity index (χ0v) is 10.3. The molecule has 1 heterocycles. The third-order valence-corrected chi connectivity index (χ3v) is 2.52. The van der Waals surface area contributed by atoms with Crippen molar-refractivity contribution >= 4 is 0 Å². The van der Waals surface area contributed by atoms with E-state index in [1.54, 1.807) is 18.2 Å². The van der Waals surface area contributed by atoms with Crippen LogP contribution in [0.15, 0.2) is 36.5 Å². The summed E-state index contributed by atoms with van der Waals surface area (Å²) < 4.78 is 18.8. The van der Waals surface area contributed by atoms with E-state index in [2.05, 4.69) is 4.98 Å². The number of nitrogens with two attached hydrogens (primary N) is 1. The molecule has 0 aliphatic rings. The van der Waals surface area contributed by atoms with Gasteiger partial charge in [-0.1, -0.05) is 0 Å². The van der Waals surface area contributed by atoms with Gasteiger partial charge in [-0.2, -0.15) is 5.26 Å². The van der Waals surface area contributed by atoms with Crippen LogP contribution in [0.3, 0.4) is 0 Å². The molecule has 0 bridgehead atoms. The average molecular weight is 257 g/mol. The molecule has 2 aromatic rings. The quantitative estimate of drug-likeness (QED) is 0.917. The smallest absolute Gasteiger partial charge is 0.145 e. The van der Waals surface area contributed by atoms with Crippen LogP contribution in [0.5, 0.6) is 11.5 Å². The topological polar surface area (TPSA) is 71.9 Å². The van der Waals surface area contributed by atoms with E-state index in [9.17, 15) is 4.39 Å². The van der Waals surface area contributed by atoms with Crippen molar-refractivity contribution in [3.05, 3.63) is 53.6 Å². The number of halogens is 1. The first-order chi connectivity index (χ1) is 9.10. The summed E-state index contributed by atoms with van der Waals surface area (Å²) in [4.78, 5) is 4.13. The first-order valence-electron chi connectivity index (χ1n) is 5.69. The van der Waals surface area contributed by atoms with Crippen LogP contribution in [0.1, 0.15) is 24.2 Å². The predicted molar refractivity (Wildman–Crippen MR) is 68.0 cm³/mol. The Labute approximate surface area is 110 Å². The Morgan fingerprint density at radius 3 is 2.58 bits per heavy atom. The predicted octanol–water partition coefficient (Wildman–Crippen LogP) is 2.90. The number of ether oxygens (including phenoxy) is 1. The van der Waals surface area contributed by atoms with Crippen LogP contribution in [0.4, 0.5) is 4.39 Å². The lowest BCUT2D eigenvalue weighted by molar-refractivity contribution is 0.473. The van der Waals surface area contributed by atoms with Crippen molar-refractivity contribution < 1.29 is 9.13 Å². The van der Waals surface area contributed by atoms with Crippen molar-refractivity contribution in [2.45, 2.75) is 13.0 Å². The Morgan fingerprint density at radius 1 is 1.32 bits per heavy atom. The molecule has 0 saturated carbocycles. The summed E-state index contributed by atoms with van der Waals surface area (Å²) in [5.41, 5.74) is 6.42. The van der Waals surface area contributed by atoms with E-state index in [1.807, 2.05) is 6.92 Å². The Hall–Kier alpha value is -2.45. The second-order valence-electron chi connectivity index (χ2n) is 4.06. The maximum Gasteiger partial charge on any atom is 0.145 e.